The number of hydrogen-bond donors (Lipinski definition) is 7. The standard InChI is InChI=1S/C21H26F2N10O11P2/c22-8-3-7(42-18(8)32-5-26-11-14(32)28-20(24)30-16(11)34)1-2-45(36,37)44-13-9(4-41-46(38,39)40)43-19(10(13)23)33-6-27-12-15(33)29-21(25)31-17(12)35/h5-10,13,18-19H,1-4H2,(H,36,37)(H2,38,39,40)(H3,24,28,30,34)(H3,25,29,31,35)/t7-,8-,9-,10-,13-,18-,19-/m1/s1. The van der Waals surface area contributed by atoms with E-state index in [1.807, 2.05) is 0 Å². The largest absolute Gasteiger partial charge is 0.469 e. The van der Waals surface area contributed by atoms with E-state index in [-0.39, 0.29) is 47.1 Å². The zero-order chi connectivity index (χ0) is 33.1. The third-order valence-corrected chi connectivity index (χ3v) is 9.15. The van der Waals surface area contributed by atoms with Crippen molar-refractivity contribution in [3.63, 3.8) is 0 Å². The maximum Gasteiger partial charge on any atom is 0.469 e. The fourth-order valence-corrected chi connectivity index (χ4v) is 6.98. The molecule has 2 fully saturated rings. The molecule has 46 heavy (non-hydrogen) atoms. The van der Waals surface area contributed by atoms with Gasteiger partial charge in [0.25, 0.3) is 11.1 Å². The van der Waals surface area contributed by atoms with Crippen LogP contribution in [0.1, 0.15) is 25.3 Å². The molecule has 0 radical (unpaired) electrons. The lowest BCUT2D eigenvalue weighted by Gasteiger charge is -2.23. The van der Waals surface area contributed by atoms with Crippen molar-refractivity contribution in [1.29, 1.82) is 0 Å². The predicted octanol–water partition coefficient (Wildman–Crippen LogP) is -0.652. The molecule has 4 aromatic rings. The molecule has 9 N–H and O–H groups in total. The number of nitrogens with zero attached hydrogens (tertiary/aromatic N) is 6. The minimum atomic E-state index is -5.10. The highest BCUT2D eigenvalue weighted by Gasteiger charge is 2.51. The summed E-state index contributed by atoms with van der Waals surface area (Å²) in [5, 5.41) is 0. The van der Waals surface area contributed by atoms with Crippen LogP contribution in [0.5, 0.6) is 0 Å². The van der Waals surface area contributed by atoms with Gasteiger partial charge >= 0.3 is 15.4 Å². The number of alkyl halides is 2. The quantitative estimate of drug-likeness (QED) is 0.101. The van der Waals surface area contributed by atoms with E-state index in [4.69, 9.17) is 35.3 Å². The Morgan fingerprint density at radius 3 is 2.09 bits per heavy atom. The van der Waals surface area contributed by atoms with Crippen molar-refractivity contribution in [3.8, 4) is 0 Å². The van der Waals surface area contributed by atoms with Gasteiger partial charge in [0.05, 0.1) is 31.5 Å². The van der Waals surface area contributed by atoms with Gasteiger partial charge in [-0.05, 0) is 6.42 Å². The van der Waals surface area contributed by atoms with E-state index in [0.717, 1.165) is 17.2 Å². The number of nitrogens with one attached hydrogen (secondary N) is 2. The summed E-state index contributed by atoms with van der Waals surface area (Å²) in [6, 6.07) is 0. The van der Waals surface area contributed by atoms with Gasteiger partial charge in [0, 0.05) is 6.42 Å². The van der Waals surface area contributed by atoms with Crippen LogP contribution >= 0.6 is 15.4 Å². The molecule has 2 aliphatic heterocycles. The average Bonchev–Trinajstić information content (AvgIpc) is 3.72. The first kappa shape index (κ1) is 32.3. The van der Waals surface area contributed by atoms with Crippen LogP contribution in [0.15, 0.2) is 22.2 Å². The summed E-state index contributed by atoms with van der Waals surface area (Å²) in [5.41, 5.74) is 9.19. The lowest BCUT2D eigenvalue weighted by atomic mass is 10.1. The number of aromatic amines is 2. The smallest absolute Gasteiger partial charge is 0.369 e. The highest BCUT2D eigenvalue weighted by Crippen LogP contribution is 2.50. The third kappa shape index (κ3) is 6.33. The lowest BCUT2D eigenvalue weighted by Crippen LogP contribution is -2.34. The van der Waals surface area contributed by atoms with Crippen LogP contribution in [0.2, 0.25) is 0 Å². The summed E-state index contributed by atoms with van der Waals surface area (Å²) >= 11 is 0. The molecule has 1 unspecified atom stereocenters. The Bertz CT molecular complexity index is 2000. The molecule has 0 aromatic carbocycles. The maximum absolute atomic E-state index is 15.9. The fraction of sp³-hybridized carbons (Fsp3) is 0.524. The van der Waals surface area contributed by atoms with E-state index >= 15 is 8.78 Å². The molecule has 25 heteroatoms. The second-order valence-electron chi connectivity index (χ2n) is 10.5. The highest BCUT2D eigenvalue weighted by atomic mass is 31.2. The molecule has 2 saturated heterocycles. The Morgan fingerprint density at radius 1 is 0.957 bits per heavy atom. The van der Waals surface area contributed by atoms with Crippen LogP contribution in [0, 0.1) is 0 Å². The van der Waals surface area contributed by atoms with Crippen molar-refractivity contribution < 1.29 is 51.1 Å². The summed E-state index contributed by atoms with van der Waals surface area (Å²) in [5.74, 6) is -0.560. The summed E-state index contributed by atoms with van der Waals surface area (Å²) in [7, 11) is -9.83. The Balaban J connectivity index is 1.17. The van der Waals surface area contributed by atoms with Crippen LogP contribution in [0.25, 0.3) is 22.3 Å². The summed E-state index contributed by atoms with van der Waals surface area (Å²) in [4.78, 5) is 73.4. The number of aromatic nitrogens is 8. The molecular formula is C21H26F2N10O11P2. The van der Waals surface area contributed by atoms with Crippen LogP contribution in [-0.2, 0) is 27.7 Å². The molecule has 8 atom stereocenters. The monoisotopic (exact) mass is 694 g/mol. The number of halogens is 2. The Morgan fingerprint density at radius 2 is 1.52 bits per heavy atom. The molecule has 0 aliphatic carbocycles. The third-order valence-electron chi connectivity index (χ3n) is 7.27. The minimum absolute atomic E-state index is 0.0350. The molecule has 250 valence electrons. The first-order valence-electron chi connectivity index (χ1n) is 13.3. The molecule has 0 saturated carbocycles. The number of phosphoric acid groups is 1. The summed E-state index contributed by atoms with van der Waals surface area (Å²) in [6.07, 6.45) is -10.4. The minimum Gasteiger partial charge on any atom is -0.369 e. The van der Waals surface area contributed by atoms with Gasteiger partial charge in [-0.15, -0.1) is 0 Å². The molecule has 2 aliphatic rings. The molecule has 0 spiro atoms. The van der Waals surface area contributed by atoms with E-state index in [2.05, 4.69) is 34.4 Å². The molecule has 6 heterocycles. The van der Waals surface area contributed by atoms with Crippen molar-refractivity contribution >= 4 is 49.6 Å². The number of phosphoric ester groups is 1. The van der Waals surface area contributed by atoms with Gasteiger partial charge in [0.1, 0.15) is 18.4 Å². The van der Waals surface area contributed by atoms with Crippen LogP contribution in [-0.4, -0.2) is 97.1 Å². The number of fused-ring (bicyclic) bond motifs is 2. The molecule has 0 amide bonds. The van der Waals surface area contributed by atoms with Crippen LogP contribution in [0.4, 0.5) is 20.7 Å². The van der Waals surface area contributed by atoms with E-state index in [1.165, 1.54) is 4.57 Å². The predicted molar refractivity (Wildman–Crippen MR) is 150 cm³/mol. The van der Waals surface area contributed by atoms with Gasteiger partial charge < -0.3 is 35.6 Å². The number of H-pyrrole nitrogens is 2. The van der Waals surface area contributed by atoms with Crippen LogP contribution in [0.3, 0.4) is 0 Å². The number of nitrogens with two attached hydrogens (primary N) is 2. The summed E-state index contributed by atoms with van der Waals surface area (Å²) < 4.78 is 78.5. The van der Waals surface area contributed by atoms with Crippen molar-refractivity contribution in [2.45, 2.75) is 56.0 Å². The average molecular weight is 694 g/mol. The first-order chi connectivity index (χ1) is 21.6. The van der Waals surface area contributed by atoms with Gasteiger partial charge in [0.15, 0.2) is 41.0 Å². The number of nitrogen functional groups attached to an aromatic ring is 2. The summed E-state index contributed by atoms with van der Waals surface area (Å²) in [6.45, 7) is -0.966. The van der Waals surface area contributed by atoms with Gasteiger partial charge in [-0.25, -0.2) is 23.3 Å². The van der Waals surface area contributed by atoms with E-state index in [0.29, 0.717) is 0 Å². The topological polar surface area (TPSA) is 311 Å². The van der Waals surface area contributed by atoms with Crippen molar-refractivity contribution in [2.24, 2.45) is 0 Å². The molecule has 0 bridgehead atoms. The zero-order valence-electron chi connectivity index (χ0n) is 23.1. The number of hydrogen-bond acceptors (Lipinski definition) is 14. The Kier molecular flexibility index (Phi) is 8.32. The number of imidazole rings is 2. The normalized spacial score (nSPS) is 28.3. The lowest BCUT2D eigenvalue weighted by molar-refractivity contribution is -0.0435. The van der Waals surface area contributed by atoms with Gasteiger partial charge in [-0.1, -0.05) is 0 Å². The van der Waals surface area contributed by atoms with E-state index < -0.39 is 82.4 Å². The number of rotatable bonds is 10. The second-order valence-corrected chi connectivity index (χ2v) is 13.6. The van der Waals surface area contributed by atoms with Gasteiger partial charge in [-0.2, -0.15) is 9.97 Å². The van der Waals surface area contributed by atoms with Crippen molar-refractivity contribution in [1.82, 2.24) is 39.0 Å². The van der Waals surface area contributed by atoms with Crippen molar-refractivity contribution in [3.05, 3.63) is 33.4 Å². The Hall–Kier alpha value is -3.66. The molecule has 6 rings (SSSR count). The van der Waals surface area contributed by atoms with Crippen molar-refractivity contribution in [2.75, 3.05) is 24.2 Å². The van der Waals surface area contributed by atoms with Gasteiger partial charge in [-0.3, -0.25) is 42.3 Å². The Labute approximate surface area is 253 Å². The maximum atomic E-state index is 15.9. The SMILES string of the molecule is Nc1nc2c(ncn2[C@@H]2O[C@H](COP(=O)(O)O)[C@@H](OP(=O)(O)CC[C@@H]3C[C@@H](F)[C@H](n4cnc5c(=O)[nH]c(N)nc54)O3)[C@H]2F)c(=O)[nH]1. The number of ether oxygens (including phenoxy) is 2. The highest BCUT2D eigenvalue weighted by molar-refractivity contribution is 7.52. The first-order valence-corrected chi connectivity index (χ1v) is 16.6. The zero-order valence-corrected chi connectivity index (χ0v) is 24.9. The molecule has 4 aromatic heterocycles. The van der Waals surface area contributed by atoms with Gasteiger partial charge in [0.2, 0.25) is 11.9 Å². The van der Waals surface area contributed by atoms with E-state index in [1.54, 1.807) is 0 Å². The van der Waals surface area contributed by atoms with E-state index in [9.17, 15) is 23.6 Å². The molecule has 21 nitrogen and oxygen atoms in total. The second kappa shape index (κ2) is 11.9. The number of anilines is 2. The molecular weight excluding hydrogens is 668 g/mol. The fourth-order valence-electron chi connectivity index (χ4n) is 5.29. The van der Waals surface area contributed by atoms with Crippen LogP contribution < -0.4 is 22.6 Å².